The van der Waals surface area contributed by atoms with Gasteiger partial charge in [0.1, 0.15) is 4.90 Å². The fourth-order valence-electron chi connectivity index (χ4n) is 1.58. The average Bonchev–Trinajstić information content (AvgIpc) is 2.37. The van der Waals surface area contributed by atoms with Crippen LogP contribution >= 0.6 is 11.6 Å². The van der Waals surface area contributed by atoms with Crippen molar-refractivity contribution in [1.29, 1.82) is 0 Å². The van der Waals surface area contributed by atoms with Crippen LogP contribution in [0.1, 0.15) is 24.8 Å². The van der Waals surface area contributed by atoms with Crippen molar-refractivity contribution in [3.8, 4) is 0 Å². The second-order valence-corrected chi connectivity index (χ2v) is 6.47. The van der Waals surface area contributed by atoms with Gasteiger partial charge in [0, 0.05) is 13.2 Å². The lowest BCUT2D eigenvalue weighted by molar-refractivity contribution is -0.137. The molecular formula is C12H15ClF3NO3S. The van der Waals surface area contributed by atoms with Crippen LogP contribution in [0.5, 0.6) is 0 Å². The van der Waals surface area contributed by atoms with Gasteiger partial charge in [0.05, 0.1) is 10.6 Å². The van der Waals surface area contributed by atoms with E-state index >= 15 is 0 Å². The van der Waals surface area contributed by atoms with Crippen molar-refractivity contribution in [2.45, 2.75) is 30.3 Å². The van der Waals surface area contributed by atoms with Gasteiger partial charge in [0.15, 0.2) is 0 Å². The minimum atomic E-state index is -4.64. The first-order chi connectivity index (χ1) is 9.68. The summed E-state index contributed by atoms with van der Waals surface area (Å²) in [6, 6.07) is 2.14. The van der Waals surface area contributed by atoms with Crippen molar-refractivity contribution in [3.05, 3.63) is 28.8 Å². The van der Waals surface area contributed by atoms with Crippen LogP contribution in [0.25, 0.3) is 0 Å². The Kier molecular flexibility index (Phi) is 6.45. The Morgan fingerprint density at radius 2 is 1.86 bits per heavy atom. The van der Waals surface area contributed by atoms with E-state index in [9.17, 15) is 21.6 Å². The van der Waals surface area contributed by atoms with Gasteiger partial charge in [0.2, 0.25) is 10.0 Å². The monoisotopic (exact) mass is 345 g/mol. The molecule has 1 rings (SSSR count). The molecular weight excluding hydrogens is 331 g/mol. The second kappa shape index (κ2) is 7.44. The summed E-state index contributed by atoms with van der Waals surface area (Å²) in [5, 5.41) is 8.31. The summed E-state index contributed by atoms with van der Waals surface area (Å²) in [6.45, 7) is 0.0705. The molecule has 0 unspecified atom stereocenters. The van der Waals surface area contributed by atoms with E-state index < -0.39 is 26.7 Å². The smallest absolute Gasteiger partial charge is 0.396 e. The zero-order valence-electron chi connectivity index (χ0n) is 11.0. The van der Waals surface area contributed by atoms with E-state index in [2.05, 4.69) is 4.72 Å². The first kappa shape index (κ1) is 18.2. The predicted molar refractivity (Wildman–Crippen MR) is 72.6 cm³/mol. The molecule has 4 nitrogen and oxygen atoms in total. The third kappa shape index (κ3) is 5.46. The lowest BCUT2D eigenvalue weighted by atomic mass is 10.2. The number of hydrogen-bond donors (Lipinski definition) is 2. The summed E-state index contributed by atoms with van der Waals surface area (Å²) >= 11 is 5.67. The van der Waals surface area contributed by atoms with Crippen molar-refractivity contribution in [2.24, 2.45) is 0 Å². The van der Waals surface area contributed by atoms with Crippen molar-refractivity contribution in [2.75, 3.05) is 13.2 Å². The summed E-state index contributed by atoms with van der Waals surface area (Å²) < 4.78 is 63.9. The van der Waals surface area contributed by atoms with Gasteiger partial charge in [-0.1, -0.05) is 11.6 Å². The van der Waals surface area contributed by atoms with Gasteiger partial charge in [-0.25, -0.2) is 13.1 Å². The van der Waals surface area contributed by atoms with Crippen LogP contribution in [0.4, 0.5) is 13.2 Å². The molecule has 0 aliphatic rings. The summed E-state index contributed by atoms with van der Waals surface area (Å²) in [5.74, 6) is 0. The number of alkyl halides is 3. The molecule has 21 heavy (non-hydrogen) atoms. The number of rotatable bonds is 7. The molecule has 1 aromatic rings. The zero-order valence-corrected chi connectivity index (χ0v) is 12.5. The van der Waals surface area contributed by atoms with E-state index in [0.717, 1.165) is 12.1 Å². The average molecular weight is 346 g/mol. The minimum absolute atomic E-state index is 0.00616. The van der Waals surface area contributed by atoms with Gasteiger partial charge in [-0.05, 0) is 37.5 Å². The van der Waals surface area contributed by atoms with E-state index in [1.807, 2.05) is 0 Å². The van der Waals surface area contributed by atoms with Crippen LogP contribution in [-0.2, 0) is 16.2 Å². The maximum atomic E-state index is 12.6. The molecule has 0 spiro atoms. The number of sulfonamides is 1. The third-order valence-corrected chi connectivity index (χ3v) is 4.62. The topological polar surface area (TPSA) is 66.4 Å². The normalized spacial score (nSPS) is 12.6. The molecule has 0 saturated heterocycles. The maximum Gasteiger partial charge on any atom is 0.416 e. The summed E-state index contributed by atoms with van der Waals surface area (Å²) in [4.78, 5) is -0.596. The molecule has 0 aliphatic heterocycles. The molecule has 120 valence electrons. The van der Waals surface area contributed by atoms with E-state index in [1.165, 1.54) is 0 Å². The highest BCUT2D eigenvalue weighted by molar-refractivity contribution is 7.89. The van der Waals surface area contributed by atoms with E-state index in [0.29, 0.717) is 25.3 Å². The van der Waals surface area contributed by atoms with Crippen LogP contribution < -0.4 is 4.72 Å². The molecule has 2 N–H and O–H groups in total. The number of halogens is 4. The molecule has 0 fully saturated rings. The summed E-state index contributed by atoms with van der Waals surface area (Å²) in [5.41, 5.74) is -1.08. The fraction of sp³-hybridized carbons (Fsp3) is 0.500. The maximum absolute atomic E-state index is 12.6. The van der Waals surface area contributed by atoms with Crippen LogP contribution in [0.15, 0.2) is 23.1 Å². The van der Waals surface area contributed by atoms with E-state index in [-0.39, 0.29) is 18.2 Å². The quantitative estimate of drug-likeness (QED) is 0.747. The number of unbranched alkanes of at least 4 members (excludes halogenated alkanes) is 2. The molecule has 0 atom stereocenters. The van der Waals surface area contributed by atoms with Crippen LogP contribution in [-0.4, -0.2) is 26.7 Å². The van der Waals surface area contributed by atoms with Gasteiger partial charge >= 0.3 is 6.18 Å². The molecule has 0 bridgehead atoms. The first-order valence-electron chi connectivity index (χ1n) is 6.16. The summed E-state index contributed by atoms with van der Waals surface area (Å²) in [6.07, 6.45) is -3.03. The summed E-state index contributed by atoms with van der Waals surface area (Å²) in [7, 11) is -4.11. The van der Waals surface area contributed by atoms with Crippen molar-refractivity contribution in [3.63, 3.8) is 0 Å². The zero-order chi connectivity index (χ0) is 16.1. The molecule has 0 amide bonds. The lowest BCUT2D eigenvalue weighted by Gasteiger charge is -2.12. The molecule has 9 heteroatoms. The van der Waals surface area contributed by atoms with E-state index in [1.54, 1.807) is 0 Å². The SMILES string of the molecule is O=S(=O)(NCCCCCO)c1cc(C(F)(F)F)ccc1Cl. The number of hydrogen-bond acceptors (Lipinski definition) is 3. The van der Waals surface area contributed by atoms with Crippen molar-refractivity contribution >= 4 is 21.6 Å². The second-order valence-electron chi connectivity index (χ2n) is 4.33. The Morgan fingerprint density at radius 1 is 1.19 bits per heavy atom. The Bertz CT molecular complexity index is 576. The van der Waals surface area contributed by atoms with Crippen molar-refractivity contribution in [1.82, 2.24) is 4.72 Å². The molecule has 0 heterocycles. The lowest BCUT2D eigenvalue weighted by Crippen LogP contribution is -2.25. The van der Waals surface area contributed by atoms with E-state index in [4.69, 9.17) is 16.7 Å². The van der Waals surface area contributed by atoms with Crippen LogP contribution in [0, 0.1) is 0 Å². The Labute approximate surface area is 126 Å². The number of aliphatic hydroxyl groups is 1. The van der Waals surface area contributed by atoms with Gasteiger partial charge < -0.3 is 5.11 Å². The fourth-order valence-corrected chi connectivity index (χ4v) is 3.18. The molecule has 1 aromatic carbocycles. The van der Waals surface area contributed by atoms with Gasteiger partial charge in [-0.15, -0.1) is 0 Å². The number of nitrogens with one attached hydrogen (secondary N) is 1. The Morgan fingerprint density at radius 3 is 2.43 bits per heavy atom. The largest absolute Gasteiger partial charge is 0.416 e. The molecule has 0 aliphatic carbocycles. The molecule has 0 radical (unpaired) electrons. The highest BCUT2D eigenvalue weighted by Crippen LogP contribution is 2.33. The third-order valence-electron chi connectivity index (χ3n) is 2.68. The minimum Gasteiger partial charge on any atom is -0.396 e. The van der Waals surface area contributed by atoms with Crippen LogP contribution in [0.3, 0.4) is 0 Å². The molecule has 0 saturated carbocycles. The van der Waals surface area contributed by atoms with Crippen LogP contribution in [0.2, 0.25) is 5.02 Å². The number of benzene rings is 1. The van der Waals surface area contributed by atoms with Gasteiger partial charge in [-0.3, -0.25) is 0 Å². The predicted octanol–water partition coefficient (Wildman–Crippen LogP) is 2.80. The molecule has 0 aromatic heterocycles. The van der Waals surface area contributed by atoms with Gasteiger partial charge in [-0.2, -0.15) is 13.2 Å². The van der Waals surface area contributed by atoms with Gasteiger partial charge in [0.25, 0.3) is 0 Å². The highest BCUT2D eigenvalue weighted by Gasteiger charge is 2.32. The Hall–Kier alpha value is -0.830. The highest BCUT2D eigenvalue weighted by atomic mass is 35.5. The standard InChI is InChI=1S/C12H15ClF3NO3S/c13-10-5-4-9(12(14,15)16)8-11(10)21(19,20)17-6-2-1-3-7-18/h4-5,8,17-18H,1-3,6-7H2. The Balaban J connectivity index is 2.87. The first-order valence-corrected chi connectivity index (χ1v) is 8.02. The number of aliphatic hydroxyl groups excluding tert-OH is 1. The van der Waals surface area contributed by atoms with Crippen molar-refractivity contribution < 1.29 is 26.7 Å².